The number of hydrogen-bond acceptors (Lipinski definition) is 3. The lowest BCUT2D eigenvalue weighted by Crippen LogP contribution is -2.04. The number of halogens is 2. The molecule has 2 aromatic carbocycles. The van der Waals surface area contributed by atoms with Gasteiger partial charge in [0.05, 0.1) is 16.9 Å². The van der Waals surface area contributed by atoms with E-state index in [0.29, 0.717) is 22.3 Å². The van der Waals surface area contributed by atoms with Crippen LogP contribution in [0.3, 0.4) is 0 Å². The van der Waals surface area contributed by atoms with Crippen molar-refractivity contribution in [2.24, 2.45) is 0 Å². The van der Waals surface area contributed by atoms with Crippen molar-refractivity contribution < 1.29 is 0 Å². The summed E-state index contributed by atoms with van der Waals surface area (Å²) in [6, 6.07) is 13.1. The zero-order valence-electron chi connectivity index (χ0n) is 11.1. The van der Waals surface area contributed by atoms with Crippen molar-refractivity contribution in [3.05, 3.63) is 64.3 Å². The summed E-state index contributed by atoms with van der Waals surface area (Å²) in [5, 5.41) is 5.48. The van der Waals surface area contributed by atoms with E-state index in [9.17, 15) is 0 Å². The largest absolute Gasteiger partial charge is 0.397 e. The number of benzene rings is 2. The summed E-state index contributed by atoms with van der Waals surface area (Å²) in [5.74, 6) is 0. The Morgan fingerprint density at radius 2 is 1.76 bits per heavy atom. The van der Waals surface area contributed by atoms with Crippen molar-refractivity contribution in [2.75, 3.05) is 11.1 Å². The highest BCUT2D eigenvalue weighted by atomic mass is 35.5. The molecule has 0 amide bonds. The SMILES string of the molecule is Nc1c(NCc2c(Cl)cccc2Cl)ccc2ncccc12. The zero-order valence-corrected chi connectivity index (χ0v) is 12.6. The van der Waals surface area contributed by atoms with Crippen LogP contribution in [0.1, 0.15) is 5.56 Å². The van der Waals surface area contributed by atoms with Crippen LogP contribution in [0, 0.1) is 0 Å². The molecule has 0 saturated heterocycles. The van der Waals surface area contributed by atoms with E-state index < -0.39 is 0 Å². The van der Waals surface area contributed by atoms with Gasteiger partial charge in [0.2, 0.25) is 0 Å². The number of anilines is 2. The molecule has 0 aliphatic carbocycles. The lowest BCUT2D eigenvalue weighted by molar-refractivity contribution is 1.15. The third-order valence-electron chi connectivity index (χ3n) is 3.34. The van der Waals surface area contributed by atoms with Gasteiger partial charge < -0.3 is 11.1 Å². The van der Waals surface area contributed by atoms with Crippen molar-refractivity contribution in [1.82, 2.24) is 4.98 Å². The van der Waals surface area contributed by atoms with Gasteiger partial charge in [-0.05, 0) is 36.4 Å². The molecular formula is C16H13Cl2N3. The number of hydrogen-bond donors (Lipinski definition) is 2. The Bertz CT molecular complexity index is 782. The average Bonchev–Trinajstić information content (AvgIpc) is 2.49. The number of nitrogens with one attached hydrogen (secondary N) is 1. The van der Waals surface area contributed by atoms with Gasteiger partial charge in [0, 0.05) is 33.7 Å². The van der Waals surface area contributed by atoms with Crippen LogP contribution >= 0.6 is 23.2 Å². The molecule has 3 aromatic rings. The van der Waals surface area contributed by atoms with Crippen LogP contribution in [0.15, 0.2) is 48.7 Å². The molecule has 21 heavy (non-hydrogen) atoms. The van der Waals surface area contributed by atoms with Crippen LogP contribution in [0.2, 0.25) is 10.0 Å². The Kier molecular flexibility index (Phi) is 3.86. The van der Waals surface area contributed by atoms with Crippen LogP contribution in [0.5, 0.6) is 0 Å². The molecule has 3 rings (SSSR count). The van der Waals surface area contributed by atoms with E-state index in [1.165, 1.54) is 0 Å². The molecule has 3 N–H and O–H groups in total. The van der Waals surface area contributed by atoms with Gasteiger partial charge in [-0.25, -0.2) is 0 Å². The van der Waals surface area contributed by atoms with E-state index >= 15 is 0 Å². The molecule has 0 atom stereocenters. The molecule has 3 nitrogen and oxygen atoms in total. The van der Waals surface area contributed by atoms with E-state index in [2.05, 4.69) is 10.3 Å². The average molecular weight is 318 g/mol. The molecular weight excluding hydrogens is 305 g/mol. The van der Waals surface area contributed by atoms with Crippen LogP contribution in [-0.4, -0.2) is 4.98 Å². The van der Waals surface area contributed by atoms with Crippen molar-refractivity contribution >= 4 is 45.5 Å². The Morgan fingerprint density at radius 1 is 1.00 bits per heavy atom. The van der Waals surface area contributed by atoms with E-state index in [-0.39, 0.29) is 0 Å². The van der Waals surface area contributed by atoms with Crippen LogP contribution in [-0.2, 0) is 6.54 Å². The van der Waals surface area contributed by atoms with Gasteiger partial charge in [0.1, 0.15) is 0 Å². The lowest BCUT2D eigenvalue weighted by atomic mass is 10.1. The number of nitrogens with zero attached hydrogens (tertiary/aromatic N) is 1. The summed E-state index contributed by atoms with van der Waals surface area (Å²) in [6.45, 7) is 0.508. The summed E-state index contributed by atoms with van der Waals surface area (Å²) in [4.78, 5) is 4.28. The van der Waals surface area contributed by atoms with Crippen molar-refractivity contribution in [1.29, 1.82) is 0 Å². The monoisotopic (exact) mass is 317 g/mol. The second-order valence-corrected chi connectivity index (χ2v) is 5.47. The fourth-order valence-electron chi connectivity index (χ4n) is 2.21. The molecule has 1 heterocycles. The highest BCUT2D eigenvalue weighted by Crippen LogP contribution is 2.30. The van der Waals surface area contributed by atoms with Gasteiger partial charge in [-0.2, -0.15) is 0 Å². The normalized spacial score (nSPS) is 10.8. The standard InChI is InChI=1S/C16H13Cl2N3/c17-12-4-1-5-13(18)11(12)9-21-15-7-6-14-10(16(15)19)3-2-8-20-14/h1-8,21H,9,19H2. The number of rotatable bonds is 3. The third-order valence-corrected chi connectivity index (χ3v) is 4.05. The van der Waals surface area contributed by atoms with Crippen molar-refractivity contribution in [3.8, 4) is 0 Å². The molecule has 0 aliphatic rings. The van der Waals surface area contributed by atoms with Crippen LogP contribution in [0.4, 0.5) is 11.4 Å². The molecule has 0 unspecified atom stereocenters. The van der Waals surface area contributed by atoms with Crippen molar-refractivity contribution in [3.63, 3.8) is 0 Å². The molecule has 0 spiro atoms. The molecule has 0 aliphatic heterocycles. The minimum atomic E-state index is 0.508. The maximum absolute atomic E-state index is 6.19. The first-order valence-electron chi connectivity index (χ1n) is 6.47. The summed E-state index contributed by atoms with van der Waals surface area (Å²) in [6.07, 6.45) is 1.75. The highest BCUT2D eigenvalue weighted by Gasteiger charge is 2.08. The van der Waals surface area contributed by atoms with Gasteiger partial charge in [-0.15, -0.1) is 0 Å². The van der Waals surface area contributed by atoms with Gasteiger partial charge in [-0.3, -0.25) is 4.98 Å². The second kappa shape index (κ2) is 5.80. The number of aromatic nitrogens is 1. The Hall–Kier alpha value is -1.97. The number of nitrogens with two attached hydrogens (primary N) is 1. The maximum Gasteiger partial charge on any atom is 0.0724 e. The van der Waals surface area contributed by atoms with Crippen LogP contribution in [0.25, 0.3) is 10.9 Å². The first kappa shape index (κ1) is 14.0. The lowest BCUT2D eigenvalue weighted by Gasteiger charge is -2.13. The molecule has 0 radical (unpaired) electrons. The summed E-state index contributed by atoms with van der Waals surface area (Å²) in [7, 11) is 0. The minimum Gasteiger partial charge on any atom is -0.397 e. The Balaban J connectivity index is 1.91. The smallest absolute Gasteiger partial charge is 0.0724 e. The van der Waals surface area contributed by atoms with E-state index in [4.69, 9.17) is 28.9 Å². The first-order chi connectivity index (χ1) is 10.2. The van der Waals surface area contributed by atoms with Gasteiger partial charge in [-0.1, -0.05) is 29.3 Å². The first-order valence-corrected chi connectivity index (χ1v) is 7.22. The minimum absolute atomic E-state index is 0.508. The third kappa shape index (κ3) is 2.75. The Morgan fingerprint density at radius 3 is 2.52 bits per heavy atom. The quantitative estimate of drug-likeness (QED) is 0.686. The molecule has 106 valence electrons. The molecule has 1 aromatic heterocycles. The topological polar surface area (TPSA) is 50.9 Å². The molecule has 5 heteroatoms. The molecule has 0 saturated carbocycles. The van der Waals surface area contributed by atoms with E-state index in [1.54, 1.807) is 6.20 Å². The number of nitrogen functional groups attached to an aromatic ring is 1. The maximum atomic E-state index is 6.19. The van der Waals surface area contributed by atoms with Crippen LogP contribution < -0.4 is 11.1 Å². The summed E-state index contributed by atoms with van der Waals surface area (Å²) >= 11 is 12.3. The second-order valence-electron chi connectivity index (χ2n) is 4.65. The fraction of sp³-hybridized carbons (Fsp3) is 0.0625. The predicted octanol–water partition coefficient (Wildman–Crippen LogP) is 4.74. The van der Waals surface area contributed by atoms with Crippen molar-refractivity contribution in [2.45, 2.75) is 6.54 Å². The molecule has 0 fully saturated rings. The Labute approximate surface area is 132 Å². The predicted molar refractivity (Wildman–Crippen MR) is 89.9 cm³/mol. The molecule has 0 bridgehead atoms. The van der Waals surface area contributed by atoms with Gasteiger partial charge in [0.25, 0.3) is 0 Å². The van der Waals surface area contributed by atoms with E-state index in [0.717, 1.165) is 22.2 Å². The fourth-order valence-corrected chi connectivity index (χ4v) is 2.75. The summed E-state index contributed by atoms with van der Waals surface area (Å²) in [5.41, 5.74) is 9.43. The summed E-state index contributed by atoms with van der Waals surface area (Å²) < 4.78 is 0. The number of pyridine rings is 1. The number of fused-ring (bicyclic) bond motifs is 1. The highest BCUT2D eigenvalue weighted by molar-refractivity contribution is 6.36. The van der Waals surface area contributed by atoms with Gasteiger partial charge in [0.15, 0.2) is 0 Å². The van der Waals surface area contributed by atoms with E-state index in [1.807, 2.05) is 42.5 Å². The zero-order chi connectivity index (χ0) is 14.8. The van der Waals surface area contributed by atoms with Gasteiger partial charge >= 0.3 is 0 Å².